The van der Waals surface area contributed by atoms with Crippen molar-refractivity contribution in [2.45, 2.75) is 25.4 Å². The summed E-state index contributed by atoms with van der Waals surface area (Å²) in [6.45, 7) is 4.71. The molecular weight excluding hydrogens is 234 g/mol. The standard InChI is InChI=1S/C13H18ClN3/c14-13-2-1-10(8-16-13)7-15-12-9-17-5-3-11(12)4-6-17/h1-2,8,11-12,15H,3-7,9H2/t12-/m0/s1. The number of halogens is 1. The van der Waals surface area contributed by atoms with E-state index in [1.165, 1.54) is 38.0 Å². The van der Waals surface area contributed by atoms with Gasteiger partial charge in [0, 0.05) is 25.3 Å². The molecule has 4 rings (SSSR count). The predicted molar refractivity (Wildman–Crippen MR) is 69.0 cm³/mol. The molecule has 1 N–H and O–H groups in total. The van der Waals surface area contributed by atoms with Crippen molar-refractivity contribution >= 4 is 11.6 Å². The van der Waals surface area contributed by atoms with Crippen LogP contribution in [0.25, 0.3) is 0 Å². The van der Waals surface area contributed by atoms with Crippen LogP contribution in [-0.2, 0) is 6.54 Å². The SMILES string of the molecule is Clc1ccc(CN[C@H]2CN3CCC2CC3)cn1. The van der Waals surface area contributed by atoms with Gasteiger partial charge in [-0.25, -0.2) is 4.98 Å². The summed E-state index contributed by atoms with van der Waals surface area (Å²) in [7, 11) is 0. The van der Waals surface area contributed by atoms with Gasteiger partial charge in [0.1, 0.15) is 5.15 Å². The summed E-state index contributed by atoms with van der Waals surface area (Å²) in [5.41, 5.74) is 1.21. The number of hydrogen-bond donors (Lipinski definition) is 1. The van der Waals surface area contributed by atoms with E-state index in [2.05, 4.69) is 15.2 Å². The van der Waals surface area contributed by atoms with Gasteiger partial charge in [-0.05, 0) is 43.5 Å². The molecule has 1 aromatic rings. The molecule has 0 radical (unpaired) electrons. The molecule has 3 aliphatic heterocycles. The Bertz CT molecular complexity index is 371. The van der Waals surface area contributed by atoms with E-state index < -0.39 is 0 Å². The number of pyridine rings is 1. The third-order valence-corrected chi connectivity index (χ3v) is 4.24. The van der Waals surface area contributed by atoms with Crippen molar-refractivity contribution in [3.8, 4) is 0 Å². The Hall–Kier alpha value is -0.640. The summed E-state index contributed by atoms with van der Waals surface area (Å²) in [5.74, 6) is 0.875. The van der Waals surface area contributed by atoms with Gasteiger partial charge in [-0.2, -0.15) is 0 Å². The first-order valence-electron chi connectivity index (χ1n) is 6.37. The van der Waals surface area contributed by atoms with Gasteiger partial charge in [0.15, 0.2) is 0 Å². The molecule has 1 atom stereocenters. The number of nitrogens with one attached hydrogen (secondary N) is 1. The summed E-state index contributed by atoms with van der Waals surface area (Å²) in [5, 5.41) is 4.23. The van der Waals surface area contributed by atoms with Crippen LogP contribution in [0.4, 0.5) is 0 Å². The first-order valence-corrected chi connectivity index (χ1v) is 6.75. The Balaban J connectivity index is 1.56. The Morgan fingerprint density at radius 3 is 2.76 bits per heavy atom. The molecular formula is C13H18ClN3. The fourth-order valence-electron chi connectivity index (χ4n) is 2.96. The Kier molecular flexibility index (Phi) is 3.32. The zero-order valence-corrected chi connectivity index (χ0v) is 10.7. The molecule has 0 unspecified atom stereocenters. The van der Waals surface area contributed by atoms with Crippen molar-refractivity contribution in [1.29, 1.82) is 0 Å². The van der Waals surface area contributed by atoms with Crippen LogP contribution >= 0.6 is 11.6 Å². The molecule has 3 fully saturated rings. The van der Waals surface area contributed by atoms with Crippen LogP contribution in [0.3, 0.4) is 0 Å². The maximum Gasteiger partial charge on any atom is 0.129 e. The molecule has 3 saturated heterocycles. The van der Waals surface area contributed by atoms with E-state index in [0.717, 1.165) is 12.5 Å². The highest BCUT2D eigenvalue weighted by Crippen LogP contribution is 2.27. The lowest BCUT2D eigenvalue weighted by Crippen LogP contribution is -2.55. The minimum absolute atomic E-state index is 0.566. The van der Waals surface area contributed by atoms with Gasteiger partial charge in [-0.1, -0.05) is 17.7 Å². The van der Waals surface area contributed by atoms with E-state index in [0.29, 0.717) is 11.2 Å². The first-order chi connectivity index (χ1) is 8.31. The predicted octanol–water partition coefficient (Wildman–Crippen LogP) is 1.92. The van der Waals surface area contributed by atoms with Crippen molar-refractivity contribution in [1.82, 2.24) is 15.2 Å². The molecule has 2 bridgehead atoms. The van der Waals surface area contributed by atoms with Gasteiger partial charge in [-0.15, -0.1) is 0 Å². The van der Waals surface area contributed by atoms with Gasteiger partial charge in [0.05, 0.1) is 0 Å². The Morgan fingerprint density at radius 1 is 1.35 bits per heavy atom. The lowest BCUT2D eigenvalue weighted by Gasteiger charge is -2.45. The first kappa shape index (κ1) is 11.5. The van der Waals surface area contributed by atoms with E-state index in [-0.39, 0.29) is 0 Å². The third kappa shape index (κ3) is 2.62. The van der Waals surface area contributed by atoms with E-state index in [1.807, 2.05) is 18.3 Å². The van der Waals surface area contributed by atoms with Gasteiger partial charge < -0.3 is 10.2 Å². The molecule has 3 aliphatic rings. The van der Waals surface area contributed by atoms with Crippen LogP contribution in [0.1, 0.15) is 18.4 Å². The van der Waals surface area contributed by atoms with Gasteiger partial charge in [0.2, 0.25) is 0 Å². The highest BCUT2D eigenvalue weighted by molar-refractivity contribution is 6.29. The molecule has 92 valence electrons. The summed E-state index contributed by atoms with van der Waals surface area (Å²) >= 11 is 5.77. The lowest BCUT2D eigenvalue weighted by atomic mass is 9.84. The van der Waals surface area contributed by atoms with Gasteiger partial charge in [0.25, 0.3) is 0 Å². The monoisotopic (exact) mass is 251 g/mol. The summed E-state index contributed by atoms with van der Waals surface area (Å²) in [4.78, 5) is 6.67. The van der Waals surface area contributed by atoms with Crippen LogP contribution in [0.15, 0.2) is 18.3 Å². The molecule has 0 spiro atoms. The van der Waals surface area contributed by atoms with Crippen molar-refractivity contribution < 1.29 is 0 Å². The highest BCUT2D eigenvalue weighted by atomic mass is 35.5. The topological polar surface area (TPSA) is 28.2 Å². The molecule has 1 aromatic heterocycles. The Labute approximate surface area is 107 Å². The quantitative estimate of drug-likeness (QED) is 0.832. The third-order valence-electron chi connectivity index (χ3n) is 4.01. The van der Waals surface area contributed by atoms with Crippen molar-refractivity contribution in [3.63, 3.8) is 0 Å². The second-order valence-electron chi connectivity index (χ2n) is 5.11. The molecule has 4 heterocycles. The normalized spacial score (nSPS) is 31.7. The molecule has 0 aromatic carbocycles. The maximum absolute atomic E-state index is 5.77. The molecule has 0 amide bonds. The van der Waals surface area contributed by atoms with Gasteiger partial charge in [-0.3, -0.25) is 0 Å². The second-order valence-corrected chi connectivity index (χ2v) is 5.50. The zero-order chi connectivity index (χ0) is 11.7. The number of aromatic nitrogens is 1. The van der Waals surface area contributed by atoms with E-state index in [1.54, 1.807) is 0 Å². The average Bonchev–Trinajstić information content (AvgIpc) is 2.39. The zero-order valence-electron chi connectivity index (χ0n) is 9.90. The van der Waals surface area contributed by atoms with E-state index in [9.17, 15) is 0 Å². The van der Waals surface area contributed by atoms with Crippen molar-refractivity contribution in [3.05, 3.63) is 29.0 Å². The smallest absolute Gasteiger partial charge is 0.129 e. The fraction of sp³-hybridized carbons (Fsp3) is 0.615. The lowest BCUT2D eigenvalue weighted by molar-refractivity contribution is 0.0720. The number of fused-ring (bicyclic) bond motifs is 3. The highest BCUT2D eigenvalue weighted by Gasteiger charge is 2.33. The summed E-state index contributed by atoms with van der Waals surface area (Å²) in [6.07, 6.45) is 4.57. The van der Waals surface area contributed by atoms with Crippen molar-refractivity contribution in [2.75, 3.05) is 19.6 Å². The molecule has 4 heteroatoms. The molecule has 3 nitrogen and oxygen atoms in total. The van der Waals surface area contributed by atoms with Crippen LogP contribution in [-0.4, -0.2) is 35.6 Å². The fourth-order valence-corrected chi connectivity index (χ4v) is 3.07. The molecule has 0 aliphatic carbocycles. The van der Waals surface area contributed by atoms with E-state index >= 15 is 0 Å². The number of nitrogens with zero attached hydrogens (tertiary/aromatic N) is 2. The molecule has 0 saturated carbocycles. The minimum atomic E-state index is 0.566. The van der Waals surface area contributed by atoms with Gasteiger partial charge >= 0.3 is 0 Å². The minimum Gasteiger partial charge on any atom is -0.308 e. The maximum atomic E-state index is 5.77. The number of rotatable bonds is 3. The number of hydrogen-bond acceptors (Lipinski definition) is 3. The number of piperidine rings is 3. The summed E-state index contributed by atoms with van der Waals surface area (Å²) in [6, 6.07) is 4.56. The van der Waals surface area contributed by atoms with Crippen LogP contribution in [0, 0.1) is 5.92 Å². The Morgan fingerprint density at radius 2 is 2.18 bits per heavy atom. The molecule has 17 heavy (non-hydrogen) atoms. The summed E-state index contributed by atoms with van der Waals surface area (Å²) < 4.78 is 0. The van der Waals surface area contributed by atoms with Crippen LogP contribution in [0.2, 0.25) is 5.15 Å². The average molecular weight is 252 g/mol. The van der Waals surface area contributed by atoms with Crippen LogP contribution in [0.5, 0.6) is 0 Å². The van der Waals surface area contributed by atoms with Crippen LogP contribution < -0.4 is 5.32 Å². The van der Waals surface area contributed by atoms with Crippen molar-refractivity contribution in [2.24, 2.45) is 5.92 Å². The second kappa shape index (κ2) is 4.92. The van der Waals surface area contributed by atoms with E-state index in [4.69, 9.17) is 11.6 Å². The largest absolute Gasteiger partial charge is 0.308 e.